The number of anilines is 1. The molecule has 0 aromatic heterocycles. The van der Waals surface area contributed by atoms with Gasteiger partial charge in [-0.15, -0.1) is 0 Å². The number of carbonyl (C=O) groups excluding carboxylic acids is 2. The van der Waals surface area contributed by atoms with Crippen LogP contribution in [0.4, 0.5) is 18.9 Å². The second-order valence-electron chi connectivity index (χ2n) is 7.67. The molecule has 1 fully saturated rings. The van der Waals surface area contributed by atoms with Crippen LogP contribution in [0.5, 0.6) is 0 Å². The molecule has 3 nitrogen and oxygen atoms in total. The van der Waals surface area contributed by atoms with Crippen LogP contribution in [-0.2, 0) is 16.4 Å². The van der Waals surface area contributed by atoms with E-state index in [1.165, 1.54) is 12.1 Å². The third-order valence-electron chi connectivity index (χ3n) is 6.14. The molecule has 3 atom stereocenters. The van der Waals surface area contributed by atoms with E-state index in [0.29, 0.717) is 22.4 Å². The predicted molar refractivity (Wildman–Crippen MR) is 105 cm³/mol. The van der Waals surface area contributed by atoms with E-state index in [0.717, 1.165) is 12.1 Å². The van der Waals surface area contributed by atoms with Crippen LogP contribution in [0.1, 0.15) is 33.0 Å². The monoisotopic (exact) mass is 407 g/mol. The van der Waals surface area contributed by atoms with Crippen molar-refractivity contribution in [2.24, 2.45) is 5.92 Å². The standard InChI is InChI=1S/C24H16F3NO2/c25-24(26,27)16-12-10-14(11-13-16)19-20(21(29)15-6-2-1-3-7-15)23(19)17-8-4-5-9-18(17)28-22(23)30/h1-13,19-20H,(H,28,30)/t19-,20+,23-/m0/s1. The van der Waals surface area contributed by atoms with Crippen molar-refractivity contribution in [3.8, 4) is 0 Å². The van der Waals surface area contributed by atoms with E-state index in [4.69, 9.17) is 0 Å². The summed E-state index contributed by atoms with van der Waals surface area (Å²) in [5.41, 5.74) is 0.515. The van der Waals surface area contributed by atoms with E-state index in [2.05, 4.69) is 5.32 Å². The van der Waals surface area contributed by atoms with Gasteiger partial charge in [-0.1, -0.05) is 60.7 Å². The van der Waals surface area contributed by atoms with Gasteiger partial charge in [0, 0.05) is 23.1 Å². The molecule has 1 amide bonds. The summed E-state index contributed by atoms with van der Waals surface area (Å²) in [6.07, 6.45) is -4.45. The molecule has 0 radical (unpaired) electrons. The Morgan fingerprint density at radius 1 is 0.867 bits per heavy atom. The topological polar surface area (TPSA) is 46.2 Å². The number of rotatable bonds is 3. The number of carbonyl (C=O) groups is 2. The molecule has 3 aromatic rings. The van der Waals surface area contributed by atoms with Crippen molar-refractivity contribution in [3.05, 3.63) is 101 Å². The molecule has 1 aliphatic heterocycles. The summed E-state index contributed by atoms with van der Waals surface area (Å²) >= 11 is 0. The van der Waals surface area contributed by atoms with Gasteiger partial charge in [0.25, 0.3) is 0 Å². The number of Topliss-reactive ketones (excluding diaryl/α,β-unsaturated/α-hetero) is 1. The zero-order valence-electron chi connectivity index (χ0n) is 15.6. The fraction of sp³-hybridized carbons (Fsp3) is 0.167. The molecule has 150 valence electrons. The Hall–Kier alpha value is -3.41. The molecule has 30 heavy (non-hydrogen) atoms. The van der Waals surface area contributed by atoms with Gasteiger partial charge in [-0.25, -0.2) is 0 Å². The number of nitrogens with one attached hydrogen (secondary N) is 1. The number of fused-ring (bicyclic) bond motifs is 2. The number of halogens is 3. The molecule has 6 heteroatoms. The molecular formula is C24H16F3NO2. The van der Waals surface area contributed by atoms with Crippen molar-refractivity contribution in [2.45, 2.75) is 17.5 Å². The van der Waals surface area contributed by atoms with Crippen LogP contribution >= 0.6 is 0 Å². The molecular weight excluding hydrogens is 391 g/mol. The minimum absolute atomic E-state index is 0.188. The Kier molecular flexibility index (Phi) is 3.90. The predicted octanol–water partition coefficient (Wildman–Crippen LogP) is 5.19. The Morgan fingerprint density at radius 2 is 1.50 bits per heavy atom. The van der Waals surface area contributed by atoms with Gasteiger partial charge in [0.15, 0.2) is 5.78 Å². The highest BCUT2D eigenvalue weighted by Gasteiger charge is 2.75. The van der Waals surface area contributed by atoms with Crippen LogP contribution < -0.4 is 5.32 Å². The van der Waals surface area contributed by atoms with Crippen LogP contribution in [0.25, 0.3) is 0 Å². The number of hydrogen-bond acceptors (Lipinski definition) is 2. The molecule has 0 unspecified atom stereocenters. The zero-order chi connectivity index (χ0) is 21.1. The maximum Gasteiger partial charge on any atom is 0.416 e. The Morgan fingerprint density at radius 3 is 2.17 bits per heavy atom. The van der Waals surface area contributed by atoms with Crippen LogP contribution in [0, 0.1) is 5.92 Å². The Labute approximate surface area is 170 Å². The van der Waals surface area contributed by atoms with Gasteiger partial charge in [0.2, 0.25) is 5.91 Å². The number of benzene rings is 3. The molecule has 1 aliphatic carbocycles. The Balaban J connectivity index is 1.63. The highest BCUT2D eigenvalue weighted by molar-refractivity contribution is 6.17. The van der Waals surface area contributed by atoms with Crippen LogP contribution in [0.15, 0.2) is 78.9 Å². The van der Waals surface area contributed by atoms with Crippen LogP contribution in [-0.4, -0.2) is 11.7 Å². The summed E-state index contributed by atoms with van der Waals surface area (Å²) in [7, 11) is 0. The highest BCUT2D eigenvalue weighted by atomic mass is 19.4. The van der Waals surface area contributed by atoms with E-state index in [1.807, 2.05) is 6.07 Å². The maximum atomic E-state index is 13.4. The third kappa shape index (κ3) is 2.53. The highest BCUT2D eigenvalue weighted by Crippen LogP contribution is 2.70. The van der Waals surface area contributed by atoms with E-state index >= 15 is 0 Å². The first-order valence-electron chi connectivity index (χ1n) is 9.52. The van der Waals surface area contributed by atoms with E-state index in [1.54, 1.807) is 48.5 Å². The lowest BCUT2D eigenvalue weighted by molar-refractivity contribution is -0.137. The van der Waals surface area contributed by atoms with Gasteiger partial charge in [0.05, 0.1) is 11.0 Å². The quantitative estimate of drug-likeness (QED) is 0.608. The largest absolute Gasteiger partial charge is 0.416 e. The van der Waals surface area contributed by atoms with Crippen molar-refractivity contribution in [3.63, 3.8) is 0 Å². The smallest absolute Gasteiger partial charge is 0.325 e. The molecule has 2 aliphatic rings. The van der Waals surface area contributed by atoms with Crippen molar-refractivity contribution in [2.75, 3.05) is 5.32 Å². The second kappa shape index (κ2) is 6.29. The number of ketones is 1. The fourth-order valence-corrected chi connectivity index (χ4v) is 4.78. The van der Waals surface area contributed by atoms with Gasteiger partial charge in [-0.05, 0) is 29.3 Å². The zero-order valence-corrected chi connectivity index (χ0v) is 15.6. The number of amides is 1. The first-order valence-corrected chi connectivity index (χ1v) is 9.52. The molecule has 3 aromatic carbocycles. The van der Waals surface area contributed by atoms with E-state index < -0.39 is 29.0 Å². The van der Waals surface area contributed by atoms with Crippen LogP contribution in [0.3, 0.4) is 0 Å². The maximum absolute atomic E-state index is 13.4. The SMILES string of the molecule is O=C(c1ccccc1)[C@H]1[C@H](c2ccc(C(F)(F)F)cc2)[C@]12C(=O)Nc1ccccc12. The summed E-state index contributed by atoms with van der Waals surface area (Å²) in [4.78, 5) is 26.5. The van der Waals surface area contributed by atoms with E-state index in [9.17, 15) is 22.8 Å². The fourth-order valence-electron chi connectivity index (χ4n) is 4.78. The number of alkyl halides is 3. The van der Waals surface area contributed by atoms with Crippen molar-refractivity contribution < 1.29 is 22.8 Å². The van der Waals surface area contributed by atoms with Gasteiger partial charge in [-0.3, -0.25) is 9.59 Å². The average Bonchev–Trinajstić information content (AvgIpc) is 3.36. The first-order chi connectivity index (χ1) is 14.3. The third-order valence-corrected chi connectivity index (χ3v) is 6.14. The number of para-hydroxylation sites is 1. The van der Waals surface area contributed by atoms with Crippen molar-refractivity contribution in [1.29, 1.82) is 0 Å². The molecule has 1 heterocycles. The number of hydrogen-bond donors (Lipinski definition) is 1. The van der Waals surface area contributed by atoms with Gasteiger partial charge >= 0.3 is 6.18 Å². The molecule has 1 N–H and O–H groups in total. The van der Waals surface area contributed by atoms with Crippen molar-refractivity contribution >= 4 is 17.4 Å². The van der Waals surface area contributed by atoms with Crippen LogP contribution in [0.2, 0.25) is 0 Å². The molecule has 1 spiro atoms. The molecule has 0 saturated heterocycles. The lowest BCUT2D eigenvalue weighted by Crippen LogP contribution is -2.25. The minimum Gasteiger partial charge on any atom is -0.325 e. The van der Waals surface area contributed by atoms with Gasteiger partial charge in [-0.2, -0.15) is 13.2 Å². The lowest BCUT2D eigenvalue weighted by Gasteiger charge is -2.10. The summed E-state index contributed by atoms with van der Waals surface area (Å²) in [5.74, 6) is -1.69. The van der Waals surface area contributed by atoms with Gasteiger partial charge in [0.1, 0.15) is 0 Å². The summed E-state index contributed by atoms with van der Waals surface area (Å²) in [6, 6.07) is 20.6. The molecule has 1 saturated carbocycles. The lowest BCUT2D eigenvalue weighted by atomic mass is 9.90. The molecule has 0 bridgehead atoms. The second-order valence-corrected chi connectivity index (χ2v) is 7.67. The average molecular weight is 407 g/mol. The molecule has 5 rings (SSSR count). The summed E-state index contributed by atoms with van der Waals surface area (Å²) in [6.45, 7) is 0. The van der Waals surface area contributed by atoms with E-state index in [-0.39, 0.29) is 11.7 Å². The summed E-state index contributed by atoms with van der Waals surface area (Å²) in [5, 5.41) is 2.85. The van der Waals surface area contributed by atoms with Gasteiger partial charge < -0.3 is 5.32 Å². The first kappa shape index (κ1) is 18.6. The summed E-state index contributed by atoms with van der Waals surface area (Å²) < 4.78 is 39.0. The minimum atomic E-state index is -4.45. The Bertz CT molecular complexity index is 1160. The van der Waals surface area contributed by atoms with Crippen molar-refractivity contribution in [1.82, 2.24) is 0 Å². The normalized spacial score (nSPS) is 24.4.